The molecule has 2 rings (SSSR count). The van der Waals surface area contributed by atoms with Crippen molar-refractivity contribution in [3.8, 4) is 0 Å². The minimum absolute atomic E-state index is 0.00389. The highest BCUT2D eigenvalue weighted by Gasteiger charge is 2.56. The van der Waals surface area contributed by atoms with E-state index in [1.165, 1.54) is 4.90 Å². The quantitative estimate of drug-likeness (QED) is 0.718. The zero-order valence-corrected chi connectivity index (χ0v) is 13.4. The number of primary amides is 1. The third kappa shape index (κ3) is 2.52. The number of likely N-dealkylation sites (tertiary alicyclic amines) is 2. The van der Waals surface area contributed by atoms with Crippen molar-refractivity contribution in [2.45, 2.75) is 44.7 Å². The van der Waals surface area contributed by atoms with Crippen molar-refractivity contribution in [3.63, 3.8) is 0 Å². The molecule has 21 heavy (non-hydrogen) atoms. The average molecular weight is 313 g/mol. The van der Waals surface area contributed by atoms with Gasteiger partial charge in [-0.1, -0.05) is 13.8 Å². The molecular formula is C14H23N3O3S. The van der Waals surface area contributed by atoms with Crippen LogP contribution >= 0.6 is 12.6 Å². The molecule has 0 bridgehead atoms. The van der Waals surface area contributed by atoms with Crippen LogP contribution in [0.1, 0.15) is 33.1 Å². The lowest BCUT2D eigenvalue weighted by Gasteiger charge is -2.35. The highest BCUT2D eigenvalue weighted by atomic mass is 32.1. The molecule has 0 aromatic carbocycles. The van der Waals surface area contributed by atoms with E-state index in [9.17, 15) is 14.4 Å². The maximum absolute atomic E-state index is 12.9. The van der Waals surface area contributed by atoms with Gasteiger partial charge in [0, 0.05) is 24.8 Å². The number of thiol groups is 1. The Balaban J connectivity index is 2.27. The molecule has 1 spiro atoms. The van der Waals surface area contributed by atoms with E-state index in [1.807, 2.05) is 13.8 Å². The van der Waals surface area contributed by atoms with Gasteiger partial charge in [-0.2, -0.15) is 12.6 Å². The van der Waals surface area contributed by atoms with Crippen LogP contribution in [0.2, 0.25) is 0 Å². The second-order valence-electron chi connectivity index (χ2n) is 6.13. The summed E-state index contributed by atoms with van der Waals surface area (Å²) >= 11 is 4.12. The van der Waals surface area contributed by atoms with E-state index in [-0.39, 0.29) is 23.5 Å². The van der Waals surface area contributed by atoms with Gasteiger partial charge < -0.3 is 15.5 Å². The first-order chi connectivity index (χ1) is 9.85. The van der Waals surface area contributed by atoms with Crippen molar-refractivity contribution < 1.29 is 14.4 Å². The van der Waals surface area contributed by atoms with Gasteiger partial charge in [0.15, 0.2) is 0 Å². The monoisotopic (exact) mass is 313 g/mol. The molecule has 7 heteroatoms. The van der Waals surface area contributed by atoms with E-state index in [4.69, 9.17) is 5.73 Å². The third-order valence-corrected chi connectivity index (χ3v) is 4.90. The number of nitrogens with two attached hydrogens (primary N) is 1. The van der Waals surface area contributed by atoms with E-state index in [0.717, 1.165) is 6.42 Å². The average Bonchev–Trinajstić information content (AvgIpc) is 2.98. The zero-order valence-electron chi connectivity index (χ0n) is 12.5. The fourth-order valence-electron chi connectivity index (χ4n) is 3.41. The number of carbonyl (C=O) groups excluding carboxylic acids is 3. The van der Waals surface area contributed by atoms with Crippen LogP contribution in [0.4, 0.5) is 0 Å². The highest BCUT2D eigenvalue weighted by molar-refractivity contribution is 7.80. The predicted molar refractivity (Wildman–Crippen MR) is 81.7 cm³/mol. The molecule has 2 aliphatic heterocycles. The lowest BCUT2D eigenvalue weighted by Crippen LogP contribution is -2.56. The van der Waals surface area contributed by atoms with Gasteiger partial charge in [-0.15, -0.1) is 0 Å². The summed E-state index contributed by atoms with van der Waals surface area (Å²) in [5.41, 5.74) is 4.59. The van der Waals surface area contributed by atoms with Crippen molar-refractivity contribution in [1.82, 2.24) is 9.80 Å². The largest absolute Gasteiger partial charge is 0.368 e. The Bertz CT molecular complexity index is 468. The predicted octanol–water partition coefficient (Wildman–Crippen LogP) is 0.0196. The first-order valence-electron chi connectivity index (χ1n) is 7.38. The molecule has 2 atom stereocenters. The Morgan fingerprint density at radius 2 is 2.00 bits per heavy atom. The Kier molecular flexibility index (Phi) is 4.51. The van der Waals surface area contributed by atoms with Crippen LogP contribution in [0.3, 0.4) is 0 Å². The molecule has 0 aliphatic carbocycles. The fraction of sp³-hybridized carbons (Fsp3) is 0.786. The minimum Gasteiger partial charge on any atom is -0.368 e. The zero-order chi connectivity index (χ0) is 15.8. The summed E-state index contributed by atoms with van der Waals surface area (Å²) in [6.45, 7) is 4.74. The molecule has 1 unspecified atom stereocenters. The van der Waals surface area contributed by atoms with Crippen LogP contribution in [-0.4, -0.2) is 57.9 Å². The third-order valence-electron chi connectivity index (χ3n) is 4.55. The number of hydrogen-bond donors (Lipinski definition) is 2. The van der Waals surface area contributed by atoms with Crippen molar-refractivity contribution in [2.75, 3.05) is 18.8 Å². The maximum Gasteiger partial charge on any atom is 0.249 e. The van der Waals surface area contributed by atoms with Crippen LogP contribution in [-0.2, 0) is 14.4 Å². The van der Waals surface area contributed by atoms with Gasteiger partial charge in [-0.3, -0.25) is 14.4 Å². The number of rotatable bonds is 4. The van der Waals surface area contributed by atoms with Crippen LogP contribution in [0.15, 0.2) is 0 Å². The molecule has 3 amide bonds. The number of nitrogens with zero attached hydrogens (tertiary/aromatic N) is 2. The molecule has 2 aliphatic rings. The lowest BCUT2D eigenvalue weighted by molar-refractivity contribution is -0.150. The molecule has 0 radical (unpaired) electrons. The molecule has 0 saturated carbocycles. The number of hydrogen-bond acceptors (Lipinski definition) is 4. The summed E-state index contributed by atoms with van der Waals surface area (Å²) in [6.07, 6.45) is 2.06. The van der Waals surface area contributed by atoms with E-state index in [0.29, 0.717) is 25.9 Å². The Morgan fingerprint density at radius 3 is 2.52 bits per heavy atom. The normalized spacial score (nSPS) is 27.0. The second-order valence-corrected chi connectivity index (χ2v) is 6.49. The molecule has 2 heterocycles. The summed E-state index contributed by atoms with van der Waals surface area (Å²) in [7, 11) is 0. The summed E-state index contributed by atoms with van der Waals surface area (Å²) in [5, 5.41) is 0. The van der Waals surface area contributed by atoms with E-state index in [2.05, 4.69) is 12.6 Å². The van der Waals surface area contributed by atoms with E-state index < -0.39 is 17.5 Å². The van der Waals surface area contributed by atoms with Gasteiger partial charge in [0.1, 0.15) is 11.6 Å². The van der Waals surface area contributed by atoms with E-state index >= 15 is 0 Å². The fourth-order valence-corrected chi connectivity index (χ4v) is 3.79. The summed E-state index contributed by atoms with van der Waals surface area (Å²) in [4.78, 5) is 40.0. The second kappa shape index (κ2) is 5.87. The van der Waals surface area contributed by atoms with Crippen LogP contribution in [0.25, 0.3) is 0 Å². The lowest BCUT2D eigenvalue weighted by atomic mass is 9.93. The van der Waals surface area contributed by atoms with Crippen molar-refractivity contribution in [2.24, 2.45) is 11.7 Å². The molecule has 2 saturated heterocycles. The van der Waals surface area contributed by atoms with Crippen LogP contribution < -0.4 is 5.73 Å². The minimum atomic E-state index is -0.766. The van der Waals surface area contributed by atoms with Gasteiger partial charge in [0.2, 0.25) is 17.7 Å². The van der Waals surface area contributed by atoms with Gasteiger partial charge in [-0.25, -0.2) is 0 Å². The first-order valence-corrected chi connectivity index (χ1v) is 8.01. The number of carbonyl (C=O) groups is 3. The SMILES string of the molecule is CC(C)C(=O)N1CCCC12CCN([C@@H](CS)C(N)=O)C2=O. The molecule has 2 fully saturated rings. The first kappa shape index (κ1) is 16.1. The highest BCUT2D eigenvalue weighted by Crippen LogP contribution is 2.40. The maximum atomic E-state index is 12.9. The Hall–Kier alpha value is -1.24. The van der Waals surface area contributed by atoms with Gasteiger partial charge in [-0.05, 0) is 19.3 Å². The summed E-state index contributed by atoms with van der Waals surface area (Å²) in [6, 6.07) is -0.697. The van der Waals surface area contributed by atoms with Gasteiger partial charge in [0.05, 0.1) is 0 Å². The molecule has 0 aromatic rings. The molecular weight excluding hydrogens is 290 g/mol. The molecule has 0 aromatic heterocycles. The van der Waals surface area contributed by atoms with E-state index in [1.54, 1.807) is 4.90 Å². The molecule has 2 N–H and O–H groups in total. The summed E-state index contributed by atoms with van der Waals surface area (Å²) in [5.74, 6) is -0.625. The Labute approximate surface area is 130 Å². The van der Waals surface area contributed by atoms with Gasteiger partial charge in [0.25, 0.3) is 0 Å². The molecule has 118 valence electrons. The smallest absolute Gasteiger partial charge is 0.249 e. The van der Waals surface area contributed by atoms with Gasteiger partial charge >= 0.3 is 0 Å². The van der Waals surface area contributed by atoms with Crippen molar-refractivity contribution in [3.05, 3.63) is 0 Å². The standard InChI is InChI=1S/C14H23N3O3S/c1-9(2)12(19)17-6-3-4-14(17)5-7-16(13(14)20)10(8-21)11(15)18/h9-10,21H,3-8H2,1-2H3,(H2,15,18)/t10-,14?/m0/s1. The summed E-state index contributed by atoms with van der Waals surface area (Å²) < 4.78 is 0. The van der Waals surface area contributed by atoms with Crippen molar-refractivity contribution >= 4 is 30.4 Å². The number of amides is 3. The van der Waals surface area contributed by atoms with Crippen LogP contribution in [0, 0.1) is 5.92 Å². The topological polar surface area (TPSA) is 83.7 Å². The van der Waals surface area contributed by atoms with Crippen molar-refractivity contribution in [1.29, 1.82) is 0 Å². The van der Waals surface area contributed by atoms with Crippen LogP contribution in [0.5, 0.6) is 0 Å². The Morgan fingerprint density at radius 1 is 1.33 bits per heavy atom. The molecule has 6 nitrogen and oxygen atoms in total.